The van der Waals surface area contributed by atoms with E-state index in [1.54, 1.807) is 24.3 Å². The van der Waals surface area contributed by atoms with Gasteiger partial charge in [-0.15, -0.1) is 0 Å². The molecular weight excluding hydrogens is 304 g/mol. The van der Waals surface area contributed by atoms with Crippen LogP contribution < -0.4 is 10.2 Å². The molecule has 0 spiro atoms. The van der Waals surface area contributed by atoms with Gasteiger partial charge in [0.2, 0.25) is 0 Å². The van der Waals surface area contributed by atoms with E-state index in [-0.39, 0.29) is 18.3 Å². The minimum atomic E-state index is -0.345. The van der Waals surface area contributed by atoms with E-state index in [0.29, 0.717) is 11.5 Å². The quantitative estimate of drug-likeness (QED) is 0.632. The molecule has 0 aliphatic heterocycles. The van der Waals surface area contributed by atoms with Crippen molar-refractivity contribution in [1.82, 2.24) is 5.43 Å². The number of carbonyl (C=O) groups excluding carboxylic acids is 1. The van der Waals surface area contributed by atoms with E-state index in [1.807, 2.05) is 25.1 Å². The summed E-state index contributed by atoms with van der Waals surface area (Å²) in [6.45, 7) is 6.03. The molecule has 24 heavy (non-hydrogen) atoms. The first-order valence-electron chi connectivity index (χ1n) is 7.80. The second-order valence-corrected chi connectivity index (χ2v) is 5.87. The summed E-state index contributed by atoms with van der Waals surface area (Å²) in [7, 11) is 0. The predicted octanol–water partition coefficient (Wildman–Crippen LogP) is 3.35. The molecule has 2 rings (SSSR count). The highest BCUT2D eigenvalue weighted by Crippen LogP contribution is 2.27. The zero-order valence-electron chi connectivity index (χ0n) is 14.1. The molecule has 126 valence electrons. The standard InChI is InChI=1S/C19H22N2O3/c1-13(2)17-8-7-14(3)9-18(17)24-12-19(23)21-20-11-15-5-4-6-16(22)10-15/h4-11,13,22H,12H2,1-3H3,(H,21,23)/b20-11+. The van der Waals surface area contributed by atoms with Gasteiger partial charge in [-0.2, -0.15) is 5.10 Å². The van der Waals surface area contributed by atoms with Crippen molar-refractivity contribution in [3.8, 4) is 11.5 Å². The van der Waals surface area contributed by atoms with Crippen LogP contribution in [0, 0.1) is 6.92 Å². The zero-order chi connectivity index (χ0) is 17.5. The largest absolute Gasteiger partial charge is 0.508 e. The lowest BCUT2D eigenvalue weighted by Gasteiger charge is -2.14. The lowest BCUT2D eigenvalue weighted by molar-refractivity contribution is -0.123. The first kappa shape index (κ1) is 17.5. The smallest absolute Gasteiger partial charge is 0.277 e. The fraction of sp³-hybridized carbons (Fsp3) is 0.263. The summed E-state index contributed by atoms with van der Waals surface area (Å²) in [5.74, 6) is 0.835. The van der Waals surface area contributed by atoms with Gasteiger partial charge in [0.1, 0.15) is 11.5 Å². The number of amides is 1. The number of aromatic hydroxyl groups is 1. The Kier molecular flexibility index (Phi) is 5.95. The van der Waals surface area contributed by atoms with Crippen LogP contribution in [0.1, 0.15) is 36.5 Å². The van der Waals surface area contributed by atoms with Crippen molar-refractivity contribution in [2.24, 2.45) is 5.10 Å². The Morgan fingerprint density at radius 3 is 2.79 bits per heavy atom. The number of carbonyl (C=O) groups is 1. The molecule has 0 fully saturated rings. The molecular formula is C19H22N2O3. The third-order valence-electron chi connectivity index (χ3n) is 3.42. The van der Waals surface area contributed by atoms with Gasteiger partial charge >= 0.3 is 0 Å². The summed E-state index contributed by atoms with van der Waals surface area (Å²) in [5, 5.41) is 13.2. The zero-order valence-corrected chi connectivity index (χ0v) is 14.1. The van der Waals surface area contributed by atoms with Crippen LogP contribution in [-0.4, -0.2) is 23.8 Å². The van der Waals surface area contributed by atoms with E-state index in [0.717, 1.165) is 16.9 Å². The SMILES string of the molecule is Cc1ccc(C(C)C)c(OCC(=O)N/N=C/c2cccc(O)c2)c1. The molecule has 0 saturated carbocycles. The van der Waals surface area contributed by atoms with Crippen molar-refractivity contribution in [3.05, 3.63) is 59.2 Å². The summed E-state index contributed by atoms with van der Waals surface area (Å²) in [4.78, 5) is 11.8. The van der Waals surface area contributed by atoms with Crippen molar-refractivity contribution in [1.29, 1.82) is 0 Å². The van der Waals surface area contributed by atoms with Crippen LogP contribution in [0.15, 0.2) is 47.6 Å². The predicted molar refractivity (Wildman–Crippen MR) is 94.6 cm³/mol. The van der Waals surface area contributed by atoms with Crippen molar-refractivity contribution in [2.75, 3.05) is 6.61 Å². The average Bonchev–Trinajstić information content (AvgIpc) is 2.53. The number of nitrogens with one attached hydrogen (secondary N) is 1. The van der Waals surface area contributed by atoms with Crippen LogP contribution in [0.5, 0.6) is 11.5 Å². The Morgan fingerprint density at radius 1 is 1.29 bits per heavy atom. The molecule has 0 heterocycles. The average molecular weight is 326 g/mol. The Bertz CT molecular complexity index is 739. The number of ether oxygens (including phenoxy) is 1. The molecule has 0 unspecified atom stereocenters. The second-order valence-electron chi connectivity index (χ2n) is 5.87. The maximum absolute atomic E-state index is 11.8. The van der Waals surface area contributed by atoms with E-state index in [4.69, 9.17) is 4.74 Å². The van der Waals surface area contributed by atoms with E-state index in [1.165, 1.54) is 6.21 Å². The highest BCUT2D eigenvalue weighted by molar-refractivity contribution is 5.83. The third-order valence-corrected chi connectivity index (χ3v) is 3.42. The number of benzene rings is 2. The Labute approximate surface area is 142 Å². The molecule has 2 N–H and O–H groups in total. The number of nitrogens with zero attached hydrogens (tertiary/aromatic N) is 1. The molecule has 5 heteroatoms. The maximum Gasteiger partial charge on any atom is 0.277 e. The number of phenols is 1. The Balaban J connectivity index is 1.91. The first-order chi connectivity index (χ1) is 11.5. The van der Waals surface area contributed by atoms with Crippen LogP contribution in [0.4, 0.5) is 0 Å². The van der Waals surface area contributed by atoms with E-state index in [9.17, 15) is 9.90 Å². The molecule has 0 bridgehead atoms. The minimum absolute atomic E-state index is 0.111. The van der Waals surface area contributed by atoms with Crippen LogP contribution >= 0.6 is 0 Å². The number of hydrogen-bond donors (Lipinski definition) is 2. The molecule has 2 aromatic carbocycles. The van der Waals surface area contributed by atoms with E-state index >= 15 is 0 Å². The van der Waals surface area contributed by atoms with Gasteiger partial charge in [-0.1, -0.05) is 38.1 Å². The van der Waals surface area contributed by atoms with Crippen molar-refractivity contribution in [2.45, 2.75) is 26.7 Å². The van der Waals surface area contributed by atoms with Crippen molar-refractivity contribution >= 4 is 12.1 Å². The second kappa shape index (κ2) is 8.15. The van der Waals surface area contributed by atoms with Gasteiger partial charge in [0.15, 0.2) is 6.61 Å². The Morgan fingerprint density at radius 2 is 2.08 bits per heavy atom. The van der Waals surface area contributed by atoms with Gasteiger partial charge in [-0.25, -0.2) is 5.43 Å². The van der Waals surface area contributed by atoms with Gasteiger partial charge < -0.3 is 9.84 Å². The maximum atomic E-state index is 11.8. The van der Waals surface area contributed by atoms with Crippen LogP contribution in [0.3, 0.4) is 0 Å². The molecule has 1 amide bonds. The summed E-state index contributed by atoms with van der Waals surface area (Å²) in [6, 6.07) is 12.6. The Hall–Kier alpha value is -2.82. The van der Waals surface area contributed by atoms with Crippen molar-refractivity contribution in [3.63, 3.8) is 0 Å². The van der Waals surface area contributed by atoms with Gasteiger partial charge in [0.25, 0.3) is 5.91 Å². The summed E-state index contributed by atoms with van der Waals surface area (Å²) in [6.07, 6.45) is 1.46. The minimum Gasteiger partial charge on any atom is -0.508 e. The van der Waals surface area contributed by atoms with Crippen molar-refractivity contribution < 1.29 is 14.6 Å². The summed E-state index contributed by atoms with van der Waals surface area (Å²) < 4.78 is 5.64. The number of rotatable bonds is 6. The number of phenolic OH excluding ortho intramolecular Hbond substituents is 1. The molecule has 0 aliphatic rings. The van der Waals surface area contributed by atoms with Crippen LogP contribution in [0.25, 0.3) is 0 Å². The normalized spacial score (nSPS) is 11.0. The van der Waals surface area contributed by atoms with E-state index in [2.05, 4.69) is 24.4 Å². The third kappa shape index (κ3) is 5.12. The molecule has 0 aliphatic carbocycles. The van der Waals surface area contributed by atoms with Crippen LogP contribution in [-0.2, 0) is 4.79 Å². The lowest BCUT2D eigenvalue weighted by Crippen LogP contribution is -2.25. The molecule has 0 aromatic heterocycles. The number of hydrazone groups is 1. The highest BCUT2D eigenvalue weighted by atomic mass is 16.5. The number of hydrogen-bond acceptors (Lipinski definition) is 4. The summed E-state index contributed by atoms with van der Waals surface area (Å²) >= 11 is 0. The molecule has 0 atom stereocenters. The van der Waals surface area contributed by atoms with Gasteiger partial charge in [0, 0.05) is 0 Å². The fourth-order valence-electron chi connectivity index (χ4n) is 2.20. The monoisotopic (exact) mass is 326 g/mol. The fourth-order valence-corrected chi connectivity index (χ4v) is 2.20. The number of aryl methyl sites for hydroxylation is 1. The first-order valence-corrected chi connectivity index (χ1v) is 7.80. The topological polar surface area (TPSA) is 70.9 Å². The lowest BCUT2D eigenvalue weighted by atomic mass is 10.0. The summed E-state index contributed by atoms with van der Waals surface area (Å²) in [5.41, 5.74) is 5.25. The van der Waals surface area contributed by atoms with Gasteiger partial charge in [0.05, 0.1) is 6.21 Å². The highest BCUT2D eigenvalue weighted by Gasteiger charge is 2.09. The molecule has 5 nitrogen and oxygen atoms in total. The van der Waals surface area contributed by atoms with E-state index < -0.39 is 0 Å². The van der Waals surface area contributed by atoms with Gasteiger partial charge in [-0.3, -0.25) is 4.79 Å². The molecule has 0 saturated heterocycles. The molecule has 2 aromatic rings. The molecule has 0 radical (unpaired) electrons. The van der Waals surface area contributed by atoms with Gasteiger partial charge in [-0.05, 0) is 47.7 Å². The van der Waals surface area contributed by atoms with Crippen LogP contribution in [0.2, 0.25) is 0 Å².